The van der Waals surface area contributed by atoms with E-state index in [0.29, 0.717) is 5.56 Å². The van der Waals surface area contributed by atoms with Gasteiger partial charge in [0.2, 0.25) is 5.91 Å². The minimum atomic E-state index is -0.448. The van der Waals surface area contributed by atoms with Gasteiger partial charge in [-0.1, -0.05) is 12.1 Å². The third kappa shape index (κ3) is 3.77. The van der Waals surface area contributed by atoms with Gasteiger partial charge in [-0.15, -0.1) is 0 Å². The van der Waals surface area contributed by atoms with E-state index in [1.165, 1.54) is 6.92 Å². The van der Waals surface area contributed by atoms with Crippen molar-refractivity contribution in [1.82, 2.24) is 9.78 Å². The van der Waals surface area contributed by atoms with Gasteiger partial charge in [0.05, 0.1) is 17.1 Å². The molecule has 122 valence electrons. The Morgan fingerprint density at radius 1 is 1.26 bits per heavy atom. The number of aromatic nitrogens is 2. The molecule has 2 rings (SSSR count). The zero-order chi connectivity index (χ0) is 17.1. The zero-order valence-electron chi connectivity index (χ0n) is 14.1. The molecule has 1 amide bonds. The Bertz CT molecular complexity index is 749. The van der Waals surface area contributed by atoms with Crippen molar-refractivity contribution >= 4 is 23.1 Å². The predicted octanol–water partition coefficient (Wildman–Crippen LogP) is 2.68. The van der Waals surface area contributed by atoms with Crippen molar-refractivity contribution in [3.8, 4) is 0 Å². The molecule has 6 nitrogen and oxygen atoms in total. The first-order valence-electron chi connectivity index (χ1n) is 7.48. The molecule has 0 saturated carbocycles. The molecule has 2 N–H and O–H groups in total. The Kier molecular flexibility index (Phi) is 4.83. The third-order valence-electron chi connectivity index (χ3n) is 3.80. The van der Waals surface area contributed by atoms with E-state index in [9.17, 15) is 9.59 Å². The summed E-state index contributed by atoms with van der Waals surface area (Å²) in [5, 5.41) is 10.3. The lowest BCUT2D eigenvalue weighted by molar-refractivity contribution is -0.116. The highest BCUT2D eigenvalue weighted by Crippen LogP contribution is 2.19. The Morgan fingerprint density at radius 2 is 1.96 bits per heavy atom. The number of anilines is 2. The van der Waals surface area contributed by atoms with Crippen LogP contribution in [0.5, 0.6) is 0 Å². The van der Waals surface area contributed by atoms with Crippen LogP contribution in [0.4, 0.5) is 11.4 Å². The van der Waals surface area contributed by atoms with Crippen molar-refractivity contribution in [3.63, 3.8) is 0 Å². The minimum Gasteiger partial charge on any atom is -0.374 e. The standard InChI is InChI=1S/C17H22N4O2/c1-10-16(12(3)21(5)20-10)19-17(23)11(2)18-15-8-6-7-14(9-15)13(4)22/h6-9,11,18H,1-5H3,(H,19,23). The van der Waals surface area contributed by atoms with E-state index in [0.717, 1.165) is 22.8 Å². The number of hydrogen-bond acceptors (Lipinski definition) is 4. The predicted molar refractivity (Wildman–Crippen MR) is 90.8 cm³/mol. The van der Waals surface area contributed by atoms with Crippen LogP contribution < -0.4 is 10.6 Å². The van der Waals surface area contributed by atoms with Gasteiger partial charge in [-0.25, -0.2) is 0 Å². The summed E-state index contributed by atoms with van der Waals surface area (Å²) in [5.41, 5.74) is 3.77. The number of benzene rings is 1. The highest BCUT2D eigenvalue weighted by molar-refractivity contribution is 5.98. The lowest BCUT2D eigenvalue weighted by atomic mass is 10.1. The maximum Gasteiger partial charge on any atom is 0.246 e. The number of Topliss-reactive ketones (excluding diaryl/α,β-unsaturated/α-hetero) is 1. The molecule has 0 radical (unpaired) electrons. The van der Waals surface area contributed by atoms with Crippen molar-refractivity contribution in [2.75, 3.05) is 10.6 Å². The van der Waals surface area contributed by atoms with E-state index in [-0.39, 0.29) is 11.7 Å². The number of ketones is 1. The fourth-order valence-electron chi connectivity index (χ4n) is 2.33. The van der Waals surface area contributed by atoms with Gasteiger partial charge in [0, 0.05) is 18.3 Å². The lowest BCUT2D eigenvalue weighted by Gasteiger charge is -2.16. The number of carbonyl (C=O) groups excluding carboxylic acids is 2. The van der Waals surface area contributed by atoms with Gasteiger partial charge in [-0.2, -0.15) is 5.10 Å². The van der Waals surface area contributed by atoms with Crippen molar-refractivity contribution in [3.05, 3.63) is 41.2 Å². The van der Waals surface area contributed by atoms with Crippen LogP contribution >= 0.6 is 0 Å². The smallest absolute Gasteiger partial charge is 0.246 e. The second-order valence-electron chi connectivity index (χ2n) is 5.66. The molecular formula is C17H22N4O2. The first-order valence-corrected chi connectivity index (χ1v) is 7.48. The molecule has 1 aromatic heterocycles. The number of amides is 1. The summed E-state index contributed by atoms with van der Waals surface area (Å²) in [4.78, 5) is 23.8. The van der Waals surface area contributed by atoms with Gasteiger partial charge < -0.3 is 10.6 Å². The molecule has 1 unspecified atom stereocenters. The van der Waals surface area contributed by atoms with Crippen LogP contribution in [0.2, 0.25) is 0 Å². The van der Waals surface area contributed by atoms with Crippen LogP contribution in [0.3, 0.4) is 0 Å². The second kappa shape index (κ2) is 6.64. The lowest BCUT2D eigenvalue weighted by Crippen LogP contribution is -2.32. The Balaban J connectivity index is 2.08. The summed E-state index contributed by atoms with van der Waals surface area (Å²) in [6, 6.07) is 6.67. The largest absolute Gasteiger partial charge is 0.374 e. The summed E-state index contributed by atoms with van der Waals surface area (Å²) in [6.07, 6.45) is 0. The van der Waals surface area contributed by atoms with Gasteiger partial charge in [-0.05, 0) is 39.8 Å². The van der Waals surface area contributed by atoms with E-state index in [4.69, 9.17) is 0 Å². The SMILES string of the molecule is CC(=O)c1cccc(NC(C)C(=O)Nc2c(C)nn(C)c2C)c1. The Hall–Kier alpha value is -2.63. The molecule has 0 aliphatic carbocycles. The van der Waals surface area contributed by atoms with Crippen LogP contribution in [-0.4, -0.2) is 27.5 Å². The number of nitrogens with one attached hydrogen (secondary N) is 2. The molecule has 2 aromatic rings. The highest BCUT2D eigenvalue weighted by atomic mass is 16.2. The molecule has 0 fully saturated rings. The maximum absolute atomic E-state index is 12.4. The first kappa shape index (κ1) is 16.7. The molecule has 0 bridgehead atoms. The Morgan fingerprint density at radius 3 is 2.52 bits per heavy atom. The molecule has 1 heterocycles. The average molecular weight is 314 g/mol. The van der Waals surface area contributed by atoms with Crippen molar-refractivity contribution in [1.29, 1.82) is 0 Å². The number of rotatable bonds is 5. The first-order chi connectivity index (χ1) is 10.8. The van der Waals surface area contributed by atoms with E-state index in [1.54, 1.807) is 29.8 Å². The maximum atomic E-state index is 12.4. The van der Waals surface area contributed by atoms with Crippen molar-refractivity contribution in [2.24, 2.45) is 7.05 Å². The third-order valence-corrected chi connectivity index (χ3v) is 3.80. The van der Waals surface area contributed by atoms with Gasteiger partial charge in [0.15, 0.2) is 5.78 Å². The molecule has 0 aliphatic heterocycles. The van der Waals surface area contributed by atoms with Gasteiger partial charge >= 0.3 is 0 Å². The quantitative estimate of drug-likeness (QED) is 0.832. The molecule has 0 aliphatic rings. The van der Waals surface area contributed by atoms with E-state index >= 15 is 0 Å². The fourth-order valence-corrected chi connectivity index (χ4v) is 2.33. The average Bonchev–Trinajstić information content (AvgIpc) is 2.73. The van der Waals surface area contributed by atoms with Crippen LogP contribution in [0.15, 0.2) is 24.3 Å². The molecule has 0 spiro atoms. The Labute approximate surface area is 135 Å². The van der Waals surface area contributed by atoms with Gasteiger partial charge in [-0.3, -0.25) is 14.3 Å². The summed E-state index contributed by atoms with van der Waals surface area (Å²) >= 11 is 0. The van der Waals surface area contributed by atoms with Crippen LogP contribution in [-0.2, 0) is 11.8 Å². The number of hydrogen-bond donors (Lipinski definition) is 2. The van der Waals surface area contributed by atoms with E-state index in [1.807, 2.05) is 27.0 Å². The molecule has 1 aromatic carbocycles. The molecule has 23 heavy (non-hydrogen) atoms. The summed E-state index contributed by atoms with van der Waals surface area (Å²) < 4.78 is 1.74. The molecule has 6 heteroatoms. The minimum absolute atomic E-state index is 0.00707. The normalized spacial score (nSPS) is 11.9. The van der Waals surface area contributed by atoms with Gasteiger partial charge in [0.25, 0.3) is 0 Å². The van der Waals surface area contributed by atoms with Crippen molar-refractivity contribution in [2.45, 2.75) is 33.7 Å². The van der Waals surface area contributed by atoms with E-state index in [2.05, 4.69) is 15.7 Å². The number of carbonyl (C=O) groups is 2. The number of nitrogens with zero attached hydrogens (tertiary/aromatic N) is 2. The number of aryl methyl sites for hydroxylation is 2. The monoisotopic (exact) mass is 314 g/mol. The molecule has 0 saturated heterocycles. The van der Waals surface area contributed by atoms with Crippen molar-refractivity contribution < 1.29 is 9.59 Å². The molecule has 1 atom stereocenters. The zero-order valence-corrected chi connectivity index (χ0v) is 14.1. The van der Waals surface area contributed by atoms with Crippen LogP contribution in [0.25, 0.3) is 0 Å². The summed E-state index contributed by atoms with van der Waals surface area (Å²) in [7, 11) is 1.84. The summed E-state index contributed by atoms with van der Waals surface area (Å²) in [6.45, 7) is 7.06. The molecular weight excluding hydrogens is 292 g/mol. The second-order valence-corrected chi connectivity index (χ2v) is 5.66. The van der Waals surface area contributed by atoms with E-state index < -0.39 is 6.04 Å². The van der Waals surface area contributed by atoms with Gasteiger partial charge in [0.1, 0.15) is 6.04 Å². The summed E-state index contributed by atoms with van der Waals surface area (Å²) in [5.74, 6) is -0.162. The topological polar surface area (TPSA) is 76.0 Å². The fraction of sp³-hybridized carbons (Fsp3) is 0.353. The van der Waals surface area contributed by atoms with Crippen LogP contribution in [0, 0.1) is 13.8 Å². The highest BCUT2D eigenvalue weighted by Gasteiger charge is 2.17. The van der Waals surface area contributed by atoms with Crippen LogP contribution in [0.1, 0.15) is 35.6 Å².